The Bertz CT molecular complexity index is 994. The van der Waals surface area contributed by atoms with E-state index in [1.807, 2.05) is 13.8 Å². The van der Waals surface area contributed by atoms with Gasteiger partial charge in [-0.05, 0) is 54.3 Å². The molecule has 32 heavy (non-hydrogen) atoms. The lowest BCUT2D eigenvalue weighted by Gasteiger charge is -2.25. The first-order chi connectivity index (χ1) is 15.2. The first-order valence-corrected chi connectivity index (χ1v) is 12.0. The van der Waals surface area contributed by atoms with E-state index in [0.717, 1.165) is 37.1 Å². The van der Waals surface area contributed by atoms with Crippen LogP contribution in [0.2, 0.25) is 0 Å². The number of methoxy groups -OCH3 is 1. The van der Waals surface area contributed by atoms with Crippen molar-refractivity contribution in [3.8, 4) is 11.5 Å². The second-order valence-corrected chi connectivity index (χ2v) is 9.38. The Morgan fingerprint density at radius 3 is 2.41 bits per heavy atom. The second kappa shape index (κ2) is 11.7. The number of rotatable bonds is 11. The lowest BCUT2D eigenvalue weighted by molar-refractivity contribution is 0.187. The number of nitrogens with zero attached hydrogens (tertiary/aromatic N) is 1. The van der Waals surface area contributed by atoms with Gasteiger partial charge in [-0.15, -0.1) is 0 Å². The van der Waals surface area contributed by atoms with E-state index in [4.69, 9.17) is 8.92 Å². The molecule has 0 heterocycles. The number of halogens is 1. The predicted molar refractivity (Wildman–Crippen MR) is 121 cm³/mol. The smallest absolute Gasteiger partial charge is 0.339 e. The molecule has 2 aromatic rings. The normalized spacial score (nSPS) is 11.3. The number of carbonyl (C=O) groups excluding carboxylic acids is 1. The molecular formula is C23H31FN2O5S. The molecule has 0 aliphatic rings. The fraction of sp³-hybridized carbons (Fsp3) is 0.435. The molecule has 0 aliphatic heterocycles. The molecule has 2 rings (SSSR count). The van der Waals surface area contributed by atoms with E-state index in [9.17, 15) is 17.6 Å². The minimum Gasteiger partial charge on any atom is -0.493 e. The van der Waals surface area contributed by atoms with Crippen molar-refractivity contribution in [1.29, 1.82) is 0 Å². The summed E-state index contributed by atoms with van der Waals surface area (Å²) >= 11 is 0. The molecule has 9 heteroatoms. The van der Waals surface area contributed by atoms with Crippen molar-refractivity contribution in [2.45, 2.75) is 45.1 Å². The fourth-order valence-electron chi connectivity index (χ4n) is 3.02. The number of benzene rings is 2. The maximum atomic E-state index is 13.2. The molecule has 176 valence electrons. The molecule has 1 N–H and O–H groups in total. The molecule has 2 amide bonds. The summed E-state index contributed by atoms with van der Waals surface area (Å²) in [4.78, 5) is 14.1. The lowest BCUT2D eigenvalue weighted by Crippen LogP contribution is -2.41. The van der Waals surface area contributed by atoms with Crippen LogP contribution in [-0.2, 0) is 16.7 Å². The van der Waals surface area contributed by atoms with Gasteiger partial charge in [0.05, 0.1) is 7.11 Å². The molecule has 0 saturated heterocycles. The average molecular weight is 467 g/mol. The Morgan fingerprint density at radius 2 is 1.81 bits per heavy atom. The first kappa shape index (κ1) is 25.5. The Kier molecular flexibility index (Phi) is 9.31. The van der Waals surface area contributed by atoms with E-state index in [0.29, 0.717) is 18.7 Å². The van der Waals surface area contributed by atoms with E-state index in [-0.39, 0.29) is 34.9 Å². The van der Waals surface area contributed by atoms with Crippen LogP contribution in [0.3, 0.4) is 0 Å². The number of unbranched alkanes of at least 4 members (excludes halogenated alkanes) is 1. The lowest BCUT2D eigenvalue weighted by atomic mass is 10.1. The number of ether oxygens (including phenoxy) is 1. The Balaban J connectivity index is 2.26. The van der Waals surface area contributed by atoms with E-state index in [2.05, 4.69) is 12.2 Å². The third-order valence-corrected chi connectivity index (χ3v) is 5.83. The minimum atomic E-state index is -4.20. The van der Waals surface area contributed by atoms with Gasteiger partial charge in [0.15, 0.2) is 11.5 Å². The number of hydrogen-bond donors (Lipinski definition) is 1. The SMILES string of the molecule is CCCCNC(=O)N(Cc1ccc(OC)c(OS(=O)(=O)c2ccc(F)cc2)c1)CC(C)C. The highest BCUT2D eigenvalue weighted by atomic mass is 32.2. The molecule has 0 aromatic heterocycles. The van der Waals surface area contributed by atoms with Gasteiger partial charge < -0.3 is 19.1 Å². The van der Waals surface area contributed by atoms with Gasteiger partial charge in [0.2, 0.25) is 0 Å². The number of hydrogen-bond acceptors (Lipinski definition) is 5. The summed E-state index contributed by atoms with van der Waals surface area (Å²) < 4.78 is 49.0. The Morgan fingerprint density at radius 1 is 1.12 bits per heavy atom. The monoisotopic (exact) mass is 466 g/mol. The molecule has 0 spiro atoms. The number of urea groups is 1. The van der Waals surface area contributed by atoms with Gasteiger partial charge in [-0.1, -0.05) is 33.3 Å². The number of amides is 2. The van der Waals surface area contributed by atoms with Crippen molar-refractivity contribution in [3.05, 3.63) is 53.8 Å². The second-order valence-electron chi connectivity index (χ2n) is 7.84. The van der Waals surface area contributed by atoms with E-state index < -0.39 is 15.9 Å². The molecule has 0 aliphatic carbocycles. The minimum absolute atomic E-state index is 0.00906. The van der Waals surface area contributed by atoms with Crippen LogP contribution in [0.15, 0.2) is 47.4 Å². The predicted octanol–water partition coefficient (Wildman–Crippen LogP) is 4.57. The quantitative estimate of drug-likeness (QED) is 0.387. The van der Waals surface area contributed by atoms with Gasteiger partial charge in [0, 0.05) is 19.6 Å². The molecule has 2 aromatic carbocycles. The maximum Gasteiger partial charge on any atom is 0.339 e. The van der Waals surface area contributed by atoms with Crippen LogP contribution in [0.1, 0.15) is 39.2 Å². The van der Waals surface area contributed by atoms with E-state index in [1.165, 1.54) is 13.2 Å². The van der Waals surface area contributed by atoms with Gasteiger partial charge in [0.1, 0.15) is 10.7 Å². The zero-order chi connectivity index (χ0) is 23.7. The van der Waals surface area contributed by atoms with Crippen molar-refractivity contribution in [2.24, 2.45) is 5.92 Å². The molecule has 0 atom stereocenters. The first-order valence-electron chi connectivity index (χ1n) is 10.6. The summed E-state index contributed by atoms with van der Waals surface area (Å²) in [6, 6.07) is 9.06. The average Bonchev–Trinajstić information content (AvgIpc) is 2.73. The summed E-state index contributed by atoms with van der Waals surface area (Å²) in [5.74, 6) is -0.0850. The van der Waals surface area contributed by atoms with Gasteiger partial charge in [-0.25, -0.2) is 9.18 Å². The van der Waals surface area contributed by atoms with Crippen LogP contribution in [0.4, 0.5) is 9.18 Å². The molecular weight excluding hydrogens is 435 g/mol. The van der Waals surface area contributed by atoms with Gasteiger partial charge in [-0.3, -0.25) is 0 Å². The van der Waals surface area contributed by atoms with Crippen molar-refractivity contribution in [1.82, 2.24) is 10.2 Å². The van der Waals surface area contributed by atoms with Crippen molar-refractivity contribution < 1.29 is 26.5 Å². The summed E-state index contributed by atoms with van der Waals surface area (Å²) in [5.41, 5.74) is 0.682. The van der Waals surface area contributed by atoms with Crippen LogP contribution in [-0.4, -0.2) is 39.5 Å². The van der Waals surface area contributed by atoms with Gasteiger partial charge in [-0.2, -0.15) is 8.42 Å². The highest BCUT2D eigenvalue weighted by Gasteiger charge is 2.21. The van der Waals surface area contributed by atoms with Crippen molar-refractivity contribution >= 4 is 16.1 Å². The van der Waals surface area contributed by atoms with Gasteiger partial charge in [0.25, 0.3) is 0 Å². The van der Waals surface area contributed by atoms with Crippen LogP contribution < -0.4 is 14.2 Å². The standard InChI is InChI=1S/C23H31FN2O5S/c1-5-6-13-25-23(27)26(15-17(2)3)16-18-7-12-21(30-4)22(14-18)31-32(28,29)20-10-8-19(24)9-11-20/h7-12,14,17H,5-6,13,15-16H2,1-4H3,(H,25,27). The summed E-state index contributed by atoms with van der Waals surface area (Å²) in [7, 11) is -2.80. The molecule has 0 radical (unpaired) electrons. The van der Waals surface area contributed by atoms with E-state index >= 15 is 0 Å². The molecule has 0 saturated carbocycles. The Labute approximate surface area is 189 Å². The van der Waals surface area contributed by atoms with Crippen LogP contribution >= 0.6 is 0 Å². The third kappa shape index (κ3) is 7.40. The highest BCUT2D eigenvalue weighted by Crippen LogP contribution is 2.31. The molecule has 0 unspecified atom stereocenters. The molecule has 0 fully saturated rings. The molecule has 0 bridgehead atoms. The zero-order valence-corrected chi connectivity index (χ0v) is 19.7. The topological polar surface area (TPSA) is 84.9 Å². The van der Waals surface area contributed by atoms with Gasteiger partial charge >= 0.3 is 16.1 Å². The van der Waals surface area contributed by atoms with Crippen molar-refractivity contribution in [3.63, 3.8) is 0 Å². The maximum absolute atomic E-state index is 13.2. The van der Waals surface area contributed by atoms with Crippen LogP contribution in [0, 0.1) is 11.7 Å². The highest BCUT2D eigenvalue weighted by molar-refractivity contribution is 7.87. The van der Waals surface area contributed by atoms with Crippen LogP contribution in [0.5, 0.6) is 11.5 Å². The van der Waals surface area contributed by atoms with Crippen molar-refractivity contribution in [2.75, 3.05) is 20.2 Å². The summed E-state index contributed by atoms with van der Waals surface area (Å²) in [6.07, 6.45) is 1.87. The zero-order valence-electron chi connectivity index (χ0n) is 18.9. The number of nitrogens with one attached hydrogen (secondary N) is 1. The van der Waals surface area contributed by atoms with E-state index in [1.54, 1.807) is 17.0 Å². The number of carbonyl (C=O) groups is 1. The summed E-state index contributed by atoms with van der Waals surface area (Å²) in [6.45, 7) is 7.49. The van der Waals surface area contributed by atoms with Crippen LogP contribution in [0.25, 0.3) is 0 Å². The Hall–Kier alpha value is -2.81. The fourth-order valence-corrected chi connectivity index (χ4v) is 3.95. The third-order valence-electron chi connectivity index (χ3n) is 4.58. The summed E-state index contributed by atoms with van der Waals surface area (Å²) in [5, 5.41) is 2.92. The largest absolute Gasteiger partial charge is 0.493 e. The molecule has 7 nitrogen and oxygen atoms in total.